The van der Waals surface area contributed by atoms with Crippen molar-refractivity contribution in [3.05, 3.63) is 88.5 Å². The molecule has 0 saturated carbocycles. The lowest BCUT2D eigenvalue weighted by Crippen LogP contribution is -2.30. The van der Waals surface area contributed by atoms with Crippen LogP contribution in [0.3, 0.4) is 0 Å². The molecule has 3 aromatic rings. The van der Waals surface area contributed by atoms with Crippen molar-refractivity contribution >= 4 is 11.1 Å². The van der Waals surface area contributed by atoms with Crippen molar-refractivity contribution in [1.82, 2.24) is 4.90 Å². The Balaban J connectivity index is 1.24. The average Bonchev–Trinajstić information content (AvgIpc) is 3.38. The van der Waals surface area contributed by atoms with Crippen molar-refractivity contribution in [2.24, 2.45) is 0 Å². The first-order valence-corrected chi connectivity index (χ1v) is 12.8. The van der Waals surface area contributed by atoms with Gasteiger partial charge in [-0.2, -0.15) is 0 Å². The molecule has 0 amide bonds. The van der Waals surface area contributed by atoms with Gasteiger partial charge in [-0.05, 0) is 80.7 Å². The van der Waals surface area contributed by atoms with Crippen LogP contribution in [0.4, 0.5) is 0 Å². The summed E-state index contributed by atoms with van der Waals surface area (Å²) in [7, 11) is 0. The number of likely N-dealkylation sites (tertiary alicyclic amines) is 1. The van der Waals surface area contributed by atoms with Gasteiger partial charge in [0.2, 0.25) is 0 Å². The van der Waals surface area contributed by atoms with E-state index in [1.165, 1.54) is 53.8 Å². The van der Waals surface area contributed by atoms with Crippen molar-refractivity contribution in [1.29, 1.82) is 0 Å². The van der Waals surface area contributed by atoms with E-state index in [0.29, 0.717) is 6.61 Å². The first kappa shape index (κ1) is 22.2. The molecule has 0 spiro atoms. The highest BCUT2D eigenvalue weighted by atomic mass is 16.5. The zero-order chi connectivity index (χ0) is 23.8. The van der Waals surface area contributed by atoms with Crippen LogP contribution in [0.2, 0.25) is 0 Å². The van der Waals surface area contributed by atoms with Crippen LogP contribution >= 0.6 is 0 Å². The molecule has 0 N–H and O–H groups in total. The number of nitrogens with zero attached hydrogens (tertiary/aromatic N) is 1. The van der Waals surface area contributed by atoms with Gasteiger partial charge in [-0.3, -0.25) is 4.90 Å². The van der Waals surface area contributed by atoms with Gasteiger partial charge in [0.1, 0.15) is 36.6 Å². The quantitative estimate of drug-likeness (QED) is 0.439. The Labute approximate surface area is 208 Å². The Hall–Kier alpha value is -3.24. The molecule has 1 unspecified atom stereocenters. The predicted octanol–water partition coefficient (Wildman–Crippen LogP) is 6.08. The maximum absolute atomic E-state index is 6.68. The number of ether oxygens (including phenoxy) is 3. The van der Waals surface area contributed by atoms with Crippen LogP contribution < -0.4 is 14.2 Å². The monoisotopic (exact) mass is 467 g/mol. The van der Waals surface area contributed by atoms with Crippen LogP contribution in [-0.2, 0) is 6.42 Å². The molecule has 0 radical (unpaired) electrons. The molecule has 1 saturated heterocycles. The van der Waals surface area contributed by atoms with Crippen LogP contribution in [0, 0.1) is 13.8 Å². The van der Waals surface area contributed by atoms with E-state index in [1.807, 2.05) is 0 Å². The first-order chi connectivity index (χ1) is 17.1. The van der Waals surface area contributed by atoms with Crippen LogP contribution in [0.25, 0.3) is 11.1 Å². The van der Waals surface area contributed by atoms with Gasteiger partial charge in [0.25, 0.3) is 0 Å². The molecule has 180 valence electrons. The van der Waals surface area contributed by atoms with E-state index < -0.39 is 0 Å². The second-order valence-corrected chi connectivity index (χ2v) is 10.0. The number of benzene rings is 3. The van der Waals surface area contributed by atoms with E-state index in [0.717, 1.165) is 47.9 Å². The molecule has 3 heterocycles. The summed E-state index contributed by atoms with van der Waals surface area (Å²) in [5, 5.41) is 0. The van der Waals surface area contributed by atoms with Gasteiger partial charge in [0, 0.05) is 35.2 Å². The van der Waals surface area contributed by atoms with E-state index in [2.05, 4.69) is 79.4 Å². The minimum Gasteiger partial charge on any atom is -0.492 e. The normalized spacial score (nSPS) is 18.9. The fourth-order valence-electron chi connectivity index (χ4n) is 5.52. The van der Waals surface area contributed by atoms with Crippen molar-refractivity contribution in [2.45, 2.75) is 39.2 Å². The Bertz CT molecular complexity index is 1250. The Morgan fingerprint density at radius 2 is 1.57 bits per heavy atom. The number of hydrogen-bond donors (Lipinski definition) is 0. The SMILES string of the molecule is Cc1ccc2c(c1)OC(Cc1ccc(OCCN3CCCC3)cc1)C1=C2COc2cc(C)ccc21. The fraction of sp³-hybridized carbons (Fsp3) is 0.355. The standard InChI is InChI=1S/C31H33NO3/c1-21-6-12-26-28(17-21)34-20-27-25-11-5-22(2)18-29(25)35-30(31(26)27)19-23-7-9-24(10-8-23)33-16-15-32-13-3-4-14-32/h5-12,17-18,30H,3-4,13-16,19-20H2,1-2H3. The highest BCUT2D eigenvalue weighted by Crippen LogP contribution is 2.46. The molecule has 3 aromatic carbocycles. The van der Waals surface area contributed by atoms with Gasteiger partial charge in [0.05, 0.1) is 0 Å². The fourth-order valence-corrected chi connectivity index (χ4v) is 5.52. The molecule has 3 aliphatic rings. The zero-order valence-corrected chi connectivity index (χ0v) is 20.7. The predicted molar refractivity (Wildman–Crippen MR) is 140 cm³/mol. The number of aryl methyl sites for hydroxylation is 2. The molecule has 3 aliphatic heterocycles. The number of fused-ring (bicyclic) bond motifs is 4. The minimum absolute atomic E-state index is 0.0633. The minimum atomic E-state index is -0.0633. The van der Waals surface area contributed by atoms with E-state index in [9.17, 15) is 0 Å². The molecular weight excluding hydrogens is 434 g/mol. The Morgan fingerprint density at radius 1 is 0.857 bits per heavy atom. The van der Waals surface area contributed by atoms with Crippen LogP contribution in [-0.4, -0.2) is 43.9 Å². The summed E-state index contributed by atoms with van der Waals surface area (Å²) in [6, 6.07) is 21.5. The van der Waals surface area contributed by atoms with Crippen molar-refractivity contribution < 1.29 is 14.2 Å². The summed E-state index contributed by atoms with van der Waals surface area (Å²) in [5.41, 5.74) is 8.45. The van der Waals surface area contributed by atoms with Gasteiger partial charge < -0.3 is 14.2 Å². The number of hydrogen-bond acceptors (Lipinski definition) is 4. The molecule has 4 heteroatoms. The van der Waals surface area contributed by atoms with Crippen molar-refractivity contribution in [3.8, 4) is 17.2 Å². The molecule has 4 nitrogen and oxygen atoms in total. The average molecular weight is 468 g/mol. The zero-order valence-electron chi connectivity index (χ0n) is 20.7. The summed E-state index contributed by atoms with van der Waals surface area (Å²) >= 11 is 0. The smallest absolute Gasteiger partial charge is 0.129 e. The van der Waals surface area contributed by atoms with Crippen molar-refractivity contribution in [2.75, 3.05) is 32.8 Å². The molecule has 0 bridgehead atoms. The maximum Gasteiger partial charge on any atom is 0.129 e. The molecular formula is C31H33NO3. The van der Waals surface area contributed by atoms with E-state index in [-0.39, 0.29) is 6.10 Å². The second-order valence-electron chi connectivity index (χ2n) is 10.0. The van der Waals surface area contributed by atoms with Gasteiger partial charge >= 0.3 is 0 Å². The molecule has 35 heavy (non-hydrogen) atoms. The van der Waals surface area contributed by atoms with Crippen LogP contribution in [0.5, 0.6) is 17.2 Å². The third kappa shape index (κ3) is 4.55. The van der Waals surface area contributed by atoms with E-state index >= 15 is 0 Å². The third-order valence-corrected chi connectivity index (χ3v) is 7.40. The lowest BCUT2D eigenvalue weighted by Gasteiger charge is -2.35. The second kappa shape index (κ2) is 9.43. The maximum atomic E-state index is 6.68. The van der Waals surface area contributed by atoms with Gasteiger partial charge in [-0.1, -0.05) is 36.4 Å². The van der Waals surface area contributed by atoms with E-state index in [1.54, 1.807) is 0 Å². The Kier molecular flexibility index (Phi) is 5.99. The Morgan fingerprint density at radius 3 is 2.34 bits per heavy atom. The topological polar surface area (TPSA) is 30.9 Å². The molecule has 6 rings (SSSR count). The molecule has 0 aromatic heterocycles. The highest BCUT2D eigenvalue weighted by molar-refractivity contribution is 5.99. The highest BCUT2D eigenvalue weighted by Gasteiger charge is 2.34. The lowest BCUT2D eigenvalue weighted by atomic mass is 9.84. The van der Waals surface area contributed by atoms with Crippen molar-refractivity contribution in [3.63, 3.8) is 0 Å². The van der Waals surface area contributed by atoms with E-state index in [4.69, 9.17) is 14.2 Å². The summed E-state index contributed by atoms with van der Waals surface area (Å²) in [4.78, 5) is 2.48. The summed E-state index contributed by atoms with van der Waals surface area (Å²) in [5.74, 6) is 2.84. The van der Waals surface area contributed by atoms with Crippen LogP contribution in [0.15, 0.2) is 60.7 Å². The van der Waals surface area contributed by atoms with Gasteiger partial charge in [-0.15, -0.1) is 0 Å². The third-order valence-electron chi connectivity index (χ3n) is 7.40. The summed E-state index contributed by atoms with van der Waals surface area (Å²) in [6.45, 7) is 8.96. The largest absolute Gasteiger partial charge is 0.492 e. The van der Waals surface area contributed by atoms with Gasteiger partial charge in [0.15, 0.2) is 0 Å². The molecule has 0 aliphatic carbocycles. The van der Waals surface area contributed by atoms with Crippen LogP contribution in [0.1, 0.15) is 40.7 Å². The summed E-state index contributed by atoms with van der Waals surface area (Å²) < 4.78 is 18.9. The van der Waals surface area contributed by atoms with Gasteiger partial charge in [-0.25, -0.2) is 0 Å². The molecule has 1 fully saturated rings. The number of rotatable bonds is 6. The molecule has 1 atom stereocenters. The first-order valence-electron chi connectivity index (χ1n) is 12.8. The lowest BCUT2D eigenvalue weighted by molar-refractivity contribution is 0.237. The summed E-state index contributed by atoms with van der Waals surface area (Å²) in [6.07, 6.45) is 3.37.